The largest absolute Gasteiger partial charge is 0.505 e. The van der Waals surface area contributed by atoms with Gasteiger partial charge in [-0.05, 0) is 17.4 Å². The molecule has 2 atom stereocenters. The molecule has 0 aromatic heterocycles. The average Bonchev–Trinajstić information content (AvgIpc) is 2.19. The molecule has 0 radical (unpaired) electrons. The van der Waals surface area contributed by atoms with Crippen molar-refractivity contribution in [2.75, 3.05) is 6.16 Å². The maximum Gasteiger partial charge on any atom is 0.505 e. The van der Waals surface area contributed by atoms with E-state index in [4.69, 9.17) is 4.89 Å². The molecular formula is C12H26O2P+. The second-order valence-corrected chi connectivity index (χ2v) is 5.46. The highest BCUT2D eigenvalue weighted by Crippen LogP contribution is 2.26. The highest BCUT2D eigenvalue weighted by molar-refractivity contribution is 7.38. The van der Waals surface area contributed by atoms with Crippen LogP contribution in [0.3, 0.4) is 0 Å². The molecule has 0 bridgehead atoms. The zero-order chi connectivity index (χ0) is 11.5. The van der Waals surface area contributed by atoms with Crippen molar-refractivity contribution in [3.8, 4) is 0 Å². The predicted molar refractivity (Wildman–Crippen MR) is 66.5 cm³/mol. The van der Waals surface area contributed by atoms with Crippen molar-refractivity contribution in [1.29, 1.82) is 0 Å². The van der Waals surface area contributed by atoms with Crippen molar-refractivity contribution in [1.82, 2.24) is 0 Å². The highest BCUT2D eigenvalue weighted by Gasteiger charge is 2.20. The molecule has 2 unspecified atom stereocenters. The Morgan fingerprint density at radius 2 is 1.60 bits per heavy atom. The fourth-order valence-electron chi connectivity index (χ4n) is 1.90. The summed E-state index contributed by atoms with van der Waals surface area (Å²) in [6, 6.07) is 0. The van der Waals surface area contributed by atoms with E-state index in [1.54, 1.807) is 0 Å². The van der Waals surface area contributed by atoms with Crippen LogP contribution in [0, 0.1) is 5.92 Å². The van der Waals surface area contributed by atoms with Crippen LogP contribution >= 0.6 is 8.03 Å². The molecule has 90 valence electrons. The molecule has 0 aliphatic carbocycles. The zero-order valence-corrected chi connectivity index (χ0v) is 11.1. The van der Waals surface area contributed by atoms with Crippen LogP contribution in [0.1, 0.15) is 65.2 Å². The van der Waals surface area contributed by atoms with Gasteiger partial charge in [-0.1, -0.05) is 52.4 Å². The van der Waals surface area contributed by atoms with Crippen LogP contribution < -0.4 is 0 Å². The van der Waals surface area contributed by atoms with Crippen molar-refractivity contribution in [2.45, 2.75) is 65.2 Å². The number of hydrogen-bond donors (Lipinski definition) is 1. The van der Waals surface area contributed by atoms with Gasteiger partial charge in [0.2, 0.25) is 0 Å². The molecule has 3 heteroatoms. The molecule has 0 fully saturated rings. The molecule has 0 saturated heterocycles. The molecule has 1 N–H and O–H groups in total. The van der Waals surface area contributed by atoms with E-state index in [0.717, 1.165) is 12.8 Å². The minimum absolute atomic E-state index is 0.482. The monoisotopic (exact) mass is 233 g/mol. The van der Waals surface area contributed by atoms with Gasteiger partial charge < -0.3 is 0 Å². The molecular weight excluding hydrogens is 207 g/mol. The lowest BCUT2D eigenvalue weighted by Gasteiger charge is -2.10. The van der Waals surface area contributed by atoms with Gasteiger partial charge in [-0.15, -0.1) is 0 Å². The van der Waals surface area contributed by atoms with Gasteiger partial charge in [0.1, 0.15) is 0 Å². The van der Waals surface area contributed by atoms with Crippen LogP contribution in [0.15, 0.2) is 0 Å². The maximum absolute atomic E-state index is 10.8. The van der Waals surface area contributed by atoms with Crippen molar-refractivity contribution < 1.29 is 9.46 Å². The molecule has 0 aliphatic heterocycles. The van der Waals surface area contributed by atoms with Crippen LogP contribution in [0.25, 0.3) is 0 Å². The normalized spacial score (nSPS) is 13.9. The molecule has 0 spiro atoms. The number of hydrogen-bond acceptors (Lipinski definition) is 1. The molecule has 2 nitrogen and oxygen atoms in total. The summed E-state index contributed by atoms with van der Waals surface area (Å²) in [5, 5.41) is 0. The second-order valence-electron chi connectivity index (χ2n) is 4.39. The Morgan fingerprint density at radius 1 is 1.00 bits per heavy atom. The third kappa shape index (κ3) is 10.3. The third-order valence-corrected chi connectivity index (χ3v) is 3.68. The fourth-order valence-corrected chi connectivity index (χ4v) is 2.71. The van der Waals surface area contributed by atoms with Crippen LogP contribution in [0.4, 0.5) is 0 Å². The summed E-state index contributed by atoms with van der Waals surface area (Å²) in [4.78, 5) is 8.93. The molecule has 0 heterocycles. The highest BCUT2D eigenvalue weighted by atomic mass is 31.1. The van der Waals surface area contributed by atoms with Gasteiger partial charge in [-0.2, -0.15) is 4.89 Å². The number of unbranched alkanes of at least 4 members (excludes halogenated alkanes) is 4. The summed E-state index contributed by atoms with van der Waals surface area (Å²) < 4.78 is 10.8. The van der Waals surface area contributed by atoms with Crippen LogP contribution in [-0.4, -0.2) is 11.1 Å². The Morgan fingerprint density at radius 3 is 2.13 bits per heavy atom. The zero-order valence-electron chi connectivity index (χ0n) is 10.2. The van der Waals surface area contributed by atoms with E-state index < -0.39 is 8.03 Å². The summed E-state index contributed by atoms with van der Waals surface area (Å²) >= 11 is 0. The lowest BCUT2D eigenvalue weighted by Crippen LogP contribution is -2.04. The summed E-state index contributed by atoms with van der Waals surface area (Å²) in [6.45, 7) is 4.38. The average molecular weight is 233 g/mol. The molecule has 0 amide bonds. The van der Waals surface area contributed by atoms with Crippen LogP contribution in [0.2, 0.25) is 0 Å². The van der Waals surface area contributed by atoms with E-state index in [1.807, 2.05) is 0 Å². The molecule has 15 heavy (non-hydrogen) atoms. The quantitative estimate of drug-likeness (QED) is 0.445. The Balaban J connectivity index is 3.64. The molecule has 0 aliphatic rings. The van der Waals surface area contributed by atoms with E-state index in [1.165, 1.54) is 38.5 Å². The second kappa shape index (κ2) is 10.6. The lowest BCUT2D eigenvalue weighted by atomic mass is 9.97. The Hall–Kier alpha value is 0.0600. The summed E-state index contributed by atoms with van der Waals surface area (Å²) in [5.41, 5.74) is 0. The van der Waals surface area contributed by atoms with Gasteiger partial charge in [0, 0.05) is 5.92 Å². The van der Waals surface area contributed by atoms with E-state index in [-0.39, 0.29) is 0 Å². The topological polar surface area (TPSA) is 37.3 Å². The first-order chi connectivity index (χ1) is 7.20. The van der Waals surface area contributed by atoms with Gasteiger partial charge in [0.05, 0.1) is 0 Å². The van der Waals surface area contributed by atoms with E-state index in [2.05, 4.69) is 13.8 Å². The minimum Gasteiger partial charge on any atom is -0.161 e. The minimum atomic E-state index is -1.93. The van der Waals surface area contributed by atoms with Crippen molar-refractivity contribution in [2.24, 2.45) is 5.92 Å². The van der Waals surface area contributed by atoms with Crippen molar-refractivity contribution in [3.05, 3.63) is 0 Å². The third-order valence-electron chi connectivity index (χ3n) is 2.85. The fraction of sp³-hybridized carbons (Fsp3) is 1.00. The first-order valence-electron chi connectivity index (χ1n) is 6.34. The first-order valence-corrected chi connectivity index (χ1v) is 7.74. The van der Waals surface area contributed by atoms with Crippen molar-refractivity contribution >= 4 is 8.03 Å². The van der Waals surface area contributed by atoms with Gasteiger partial charge in [0.15, 0.2) is 6.16 Å². The SMILES string of the molecule is CCCCCCC(CCCC)C[P+](=O)O. The maximum atomic E-state index is 10.8. The van der Waals surface area contributed by atoms with E-state index >= 15 is 0 Å². The van der Waals surface area contributed by atoms with Gasteiger partial charge in [-0.3, -0.25) is 0 Å². The first kappa shape index (κ1) is 15.1. The molecule has 0 saturated carbocycles. The predicted octanol–water partition coefficient (Wildman–Crippen LogP) is 4.50. The molecule has 0 aromatic carbocycles. The Bertz CT molecular complexity index is 160. The van der Waals surface area contributed by atoms with Gasteiger partial charge >= 0.3 is 8.03 Å². The Labute approximate surface area is 95.3 Å². The summed E-state index contributed by atoms with van der Waals surface area (Å²) in [5.74, 6) is 0.482. The van der Waals surface area contributed by atoms with Crippen LogP contribution in [-0.2, 0) is 4.57 Å². The smallest absolute Gasteiger partial charge is 0.161 e. The van der Waals surface area contributed by atoms with Gasteiger partial charge in [-0.25, -0.2) is 0 Å². The lowest BCUT2D eigenvalue weighted by molar-refractivity contribution is 0.427. The molecule has 0 aromatic rings. The summed E-state index contributed by atoms with van der Waals surface area (Å²) in [6.07, 6.45) is 10.2. The van der Waals surface area contributed by atoms with E-state index in [9.17, 15) is 4.57 Å². The van der Waals surface area contributed by atoms with Gasteiger partial charge in [0.25, 0.3) is 0 Å². The molecule has 0 rings (SSSR count). The van der Waals surface area contributed by atoms with E-state index in [0.29, 0.717) is 12.1 Å². The standard InChI is InChI=1S/C12H25O2P/c1-3-5-7-8-10-12(9-6-4-2)11-15(13)14/h12H,3-11H2,1-2H3/p+1. The van der Waals surface area contributed by atoms with Crippen molar-refractivity contribution in [3.63, 3.8) is 0 Å². The van der Waals surface area contributed by atoms with Crippen LogP contribution in [0.5, 0.6) is 0 Å². The number of rotatable bonds is 10. The Kier molecular flexibility index (Phi) is 10.6. The summed E-state index contributed by atoms with van der Waals surface area (Å²) in [7, 11) is -1.93.